The fourth-order valence-electron chi connectivity index (χ4n) is 1.91. The minimum atomic E-state index is -0.948. The zero-order valence-electron chi connectivity index (χ0n) is 11.2. The molecule has 0 aliphatic heterocycles. The van der Waals surface area contributed by atoms with E-state index < -0.39 is 5.97 Å². The molecule has 5 nitrogen and oxygen atoms in total. The van der Waals surface area contributed by atoms with Crippen LogP contribution in [0.4, 0.5) is 5.69 Å². The van der Waals surface area contributed by atoms with Crippen LogP contribution in [0.2, 0.25) is 5.02 Å². The highest BCUT2D eigenvalue weighted by molar-refractivity contribution is 8.00. The molecule has 21 heavy (non-hydrogen) atoms. The summed E-state index contributed by atoms with van der Waals surface area (Å²) in [5.41, 5.74) is 2.20. The Morgan fingerprint density at radius 1 is 1.43 bits per heavy atom. The minimum absolute atomic E-state index is 0.0538. The summed E-state index contributed by atoms with van der Waals surface area (Å²) >= 11 is 7.23. The van der Waals surface area contributed by atoms with Crippen molar-refractivity contribution in [3.8, 4) is 0 Å². The maximum atomic E-state index is 11.9. The van der Waals surface area contributed by atoms with Crippen molar-refractivity contribution in [2.24, 2.45) is 0 Å². The Morgan fingerprint density at radius 3 is 2.90 bits per heavy atom. The first kappa shape index (κ1) is 15.6. The Balaban J connectivity index is 2.22. The number of nitrogens with one attached hydrogen (secondary N) is 1. The summed E-state index contributed by atoms with van der Waals surface area (Å²) in [6, 6.07) is 5.35. The Labute approximate surface area is 130 Å². The lowest BCUT2D eigenvalue weighted by atomic mass is 10.1. The van der Waals surface area contributed by atoms with E-state index >= 15 is 0 Å². The van der Waals surface area contributed by atoms with Crippen molar-refractivity contribution in [1.29, 1.82) is 0 Å². The molecule has 0 unspecified atom stereocenters. The normalized spacial score (nSPS) is 10.6. The van der Waals surface area contributed by atoms with E-state index in [2.05, 4.69) is 10.3 Å². The molecule has 0 saturated heterocycles. The van der Waals surface area contributed by atoms with Gasteiger partial charge in [-0.3, -0.25) is 14.6 Å². The molecule has 2 aromatic rings. The third-order valence-corrected chi connectivity index (χ3v) is 3.97. The summed E-state index contributed by atoms with van der Waals surface area (Å²) in [6.45, 7) is 1.90. The van der Waals surface area contributed by atoms with E-state index in [-0.39, 0.29) is 17.4 Å². The maximum absolute atomic E-state index is 11.9. The second-order valence-electron chi connectivity index (χ2n) is 4.38. The predicted molar refractivity (Wildman–Crippen MR) is 85.1 cm³/mol. The summed E-state index contributed by atoms with van der Waals surface area (Å²) in [4.78, 5) is 26.6. The molecule has 1 heterocycles. The number of aliphatic carboxylic acids is 1. The number of carbonyl (C=O) groups excluding carboxylic acids is 1. The number of aryl methyl sites for hydroxylation is 1. The average Bonchev–Trinajstić information content (AvgIpc) is 2.43. The van der Waals surface area contributed by atoms with E-state index in [9.17, 15) is 9.59 Å². The first-order valence-corrected chi connectivity index (χ1v) is 7.65. The van der Waals surface area contributed by atoms with Crippen molar-refractivity contribution in [3.63, 3.8) is 0 Å². The number of aromatic nitrogens is 1. The second-order valence-corrected chi connectivity index (χ2v) is 5.78. The number of nitrogens with zero attached hydrogens (tertiary/aromatic N) is 1. The van der Waals surface area contributed by atoms with E-state index in [1.807, 2.05) is 13.0 Å². The lowest BCUT2D eigenvalue weighted by Gasteiger charge is -2.12. The van der Waals surface area contributed by atoms with Crippen molar-refractivity contribution in [2.45, 2.75) is 6.92 Å². The van der Waals surface area contributed by atoms with E-state index in [0.29, 0.717) is 10.7 Å². The highest BCUT2D eigenvalue weighted by Gasteiger charge is 2.13. The molecule has 2 N–H and O–H groups in total. The van der Waals surface area contributed by atoms with Gasteiger partial charge in [-0.15, -0.1) is 11.8 Å². The summed E-state index contributed by atoms with van der Waals surface area (Å²) < 4.78 is 0. The minimum Gasteiger partial charge on any atom is -0.481 e. The van der Waals surface area contributed by atoms with Gasteiger partial charge in [-0.05, 0) is 30.7 Å². The molecule has 0 aliphatic carbocycles. The molecule has 0 fully saturated rings. The molecule has 0 radical (unpaired) electrons. The van der Waals surface area contributed by atoms with Crippen molar-refractivity contribution in [1.82, 2.24) is 4.98 Å². The van der Waals surface area contributed by atoms with E-state index in [0.717, 1.165) is 28.2 Å². The maximum Gasteiger partial charge on any atom is 0.313 e. The third-order valence-electron chi connectivity index (χ3n) is 2.76. The van der Waals surface area contributed by atoms with Crippen LogP contribution in [0.15, 0.2) is 24.4 Å². The second kappa shape index (κ2) is 6.78. The van der Waals surface area contributed by atoms with Gasteiger partial charge < -0.3 is 10.4 Å². The van der Waals surface area contributed by atoms with Crippen LogP contribution in [0, 0.1) is 6.92 Å². The van der Waals surface area contributed by atoms with Gasteiger partial charge in [0.2, 0.25) is 5.91 Å². The van der Waals surface area contributed by atoms with Gasteiger partial charge in [0.1, 0.15) is 0 Å². The highest BCUT2D eigenvalue weighted by Crippen LogP contribution is 2.32. The molecular formula is C14H13ClN2O3S. The third kappa shape index (κ3) is 3.86. The lowest BCUT2D eigenvalue weighted by Crippen LogP contribution is -2.16. The molecule has 0 atom stereocenters. The van der Waals surface area contributed by atoms with Crippen LogP contribution >= 0.6 is 23.4 Å². The number of hydrogen-bond acceptors (Lipinski definition) is 4. The van der Waals surface area contributed by atoms with Crippen molar-refractivity contribution in [2.75, 3.05) is 16.8 Å². The Kier molecular flexibility index (Phi) is 5.03. The molecule has 0 bridgehead atoms. The van der Waals surface area contributed by atoms with Gasteiger partial charge in [-0.25, -0.2) is 0 Å². The van der Waals surface area contributed by atoms with Gasteiger partial charge in [-0.2, -0.15) is 0 Å². The molecule has 1 amide bonds. The topological polar surface area (TPSA) is 79.3 Å². The van der Waals surface area contributed by atoms with Crippen molar-refractivity contribution >= 4 is 51.8 Å². The zero-order valence-corrected chi connectivity index (χ0v) is 12.8. The molecule has 2 rings (SSSR count). The van der Waals surface area contributed by atoms with Crippen LogP contribution in [0.1, 0.15) is 5.56 Å². The van der Waals surface area contributed by atoms with Crippen LogP contribution < -0.4 is 5.32 Å². The van der Waals surface area contributed by atoms with Crippen LogP contribution in [-0.2, 0) is 9.59 Å². The number of benzene rings is 1. The standard InChI is InChI=1S/C14H13ClN2O3S/c1-8-5-10(15)14(9-3-2-4-16-13(8)9)17-11(18)6-21-7-12(19)20/h2-5H,6-7H2,1H3,(H,17,18)(H,19,20). The summed E-state index contributed by atoms with van der Waals surface area (Å²) in [5.74, 6) is -1.30. The smallest absolute Gasteiger partial charge is 0.313 e. The molecule has 0 saturated carbocycles. The van der Waals surface area contributed by atoms with E-state index in [4.69, 9.17) is 16.7 Å². The number of carboxylic acid groups (broad SMARTS) is 1. The number of pyridine rings is 1. The van der Waals surface area contributed by atoms with Crippen LogP contribution in [0.5, 0.6) is 0 Å². The number of rotatable bonds is 5. The Hall–Kier alpha value is -1.79. The van der Waals surface area contributed by atoms with Gasteiger partial charge >= 0.3 is 5.97 Å². The molecule has 0 spiro atoms. The number of thioether (sulfide) groups is 1. The fraction of sp³-hybridized carbons (Fsp3) is 0.214. The largest absolute Gasteiger partial charge is 0.481 e. The van der Waals surface area contributed by atoms with Gasteiger partial charge in [0.05, 0.1) is 27.7 Å². The molecule has 1 aromatic carbocycles. The molecule has 110 valence electrons. The number of carboxylic acids is 1. The molecular weight excluding hydrogens is 312 g/mol. The molecule has 1 aromatic heterocycles. The number of fused-ring (bicyclic) bond motifs is 1. The van der Waals surface area contributed by atoms with Crippen LogP contribution in [0.3, 0.4) is 0 Å². The van der Waals surface area contributed by atoms with Gasteiger partial charge in [-0.1, -0.05) is 11.6 Å². The van der Waals surface area contributed by atoms with Crippen molar-refractivity contribution < 1.29 is 14.7 Å². The van der Waals surface area contributed by atoms with Gasteiger partial charge in [0, 0.05) is 11.6 Å². The fourth-order valence-corrected chi connectivity index (χ4v) is 2.76. The van der Waals surface area contributed by atoms with Gasteiger partial charge in [0.15, 0.2) is 0 Å². The predicted octanol–water partition coefficient (Wildman–Crippen LogP) is 2.95. The number of halogens is 1. The Morgan fingerprint density at radius 2 is 2.19 bits per heavy atom. The first-order chi connectivity index (χ1) is 9.99. The van der Waals surface area contributed by atoms with E-state index in [1.54, 1.807) is 18.3 Å². The quantitative estimate of drug-likeness (QED) is 0.884. The number of hydrogen-bond donors (Lipinski definition) is 2. The summed E-state index contributed by atoms with van der Waals surface area (Å²) in [5, 5.41) is 12.5. The first-order valence-electron chi connectivity index (χ1n) is 6.12. The Bertz CT molecular complexity index is 706. The van der Waals surface area contributed by atoms with E-state index in [1.165, 1.54) is 0 Å². The highest BCUT2D eigenvalue weighted by atomic mass is 35.5. The van der Waals surface area contributed by atoms with Crippen LogP contribution in [0.25, 0.3) is 10.9 Å². The summed E-state index contributed by atoms with van der Waals surface area (Å²) in [7, 11) is 0. The number of anilines is 1. The number of amides is 1. The van der Waals surface area contributed by atoms with Crippen molar-refractivity contribution in [3.05, 3.63) is 35.0 Å². The van der Waals surface area contributed by atoms with Gasteiger partial charge in [0.25, 0.3) is 0 Å². The average molecular weight is 325 g/mol. The summed E-state index contributed by atoms with van der Waals surface area (Å²) in [6.07, 6.45) is 1.68. The molecule has 0 aliphatic rings. The lowest BCUT2D eigenvalue weighted by molar-refractivity contribution is -0.133. The zero-order chi connectivity index (χ0) is 15.4. The monoisotopic (exact) mass is 324 g/mol. The van der Waals surface area contributed by atoms with Crippen LogP contribution in [-0.4, -0.2) is 33.5 Å². The molecule has 7 heteroatoms. The SMILES string of the molecule is Cc1cc(Cl)c(NC(=O)CSCC(=O)O)c2cccnc12. The number of carbonyl (C=O) groups is 2.